The minimum Gasteiger partial charge on any atom is -0.393 e. The minimum absolute atomic E-state index is 0.104. The maximum Gasteiger partial charge on any atom is 0.126 e. The standard InChI is InChI=1S/C15H18N2O.C2H6/c18-14-7-5-13(6-8-14)17-15-9-11-3-1-2-4-12(11)10-16-15;1-2/h1-4,9-10,13-14,18H,5-8H2,(H,16,17);1-2H3. The summed E-state index contributed by atoms with van der Waals surface area (Å²) in [6, 6.07) is 10.8. The Kier molecular flexibility index (Phi) is 5.36. The number of hydrogen-bond donors (Lipinski definition) is 2. The number of aliphatic hydroxyl groups excluding tert-OH is 1. The van der Waals surface area contributed by atoms with Crippen molar-refractivity contribution < 1.29 is 5.11 Å². The molecule has 0 saturated heterocycles. The van der Waals surface area contributed by atoms with Crippen molar-refractivity contribution in [2.45, 2.75) is 51.7 Å². The van der Waals surface area contributed by atoms with E-state index in [9.17, 15) is 5.11 Å². The largest absolute Gasteiger partial charge is 0.393 e. The Balaban J connectivity index is 0.000000704. The summed E-state index contributed by atoms with van der Waals surface area (Å²) in [6.45, 7) is 4.00. The Labute approximate surface area is 121 Å². The molecule has 1 heterocycles. The summed E-state index contributed by atoms with van der Waals surface area (Å²) in [5.41, 5.74) is 0. The van der Waals surface area contributed by atoms with Crippen molar-refractivity contribution in [2.75, 3.05) is 5.32 Å². The average Bonchev–Trinajstić information content (AvgIpc) is 2.51. The number of anilines is 1. The highest BCUT2D eigenvalue weighted by atomic mass is 16.3. The van der Waals surface area contributed by atoms with E-state index in [1.807, 2.05) is 32.2 Å². The van der Waals surface area contributed by atoms with Crippen LogP contribution in [0.3, 0.4) is 0 Å². The van der Waals surface area contributed by atoms with Crippen LogP contribution in [-0.4, -0.2) is 22.2 Å². The zero-order valence-electron chi connectivity index (χ0n) is 12.3. The molecule has 1 aromatic heterocycles. The van der Waals surface area contributed by atoms with Gasteiger partial charge in [-0.15, -0.1) is 0 Å². The summed E-state index contributed by atoms with van der Waals surface area (Å²) in [6.07, 6.45) is 5.64. The molecule has 108 valence electrons. The molecule has 1 aliphatic carbocycles. The van der Waals surface area contributed by atoms with E-state index >= 15 is 0 Å². The molecule has 2 N–H and O–H groups in total. The molecule has 0 bridgehead atoms. The average molecular weight is 272 g/mol. The van der Waals surface area contributed by atoms with Crippen molar-refractivity contribution in [3.05, 3.63) is 36.5 Å². The second-order valence-corrected chi connectivity index (χ2v) is 5.07. The maximum atomic E-state index is 9.49. The van der Waals surface area contributed by atoms with Crippen molar-refractivity contribution in [1.29, 1.82) is 0 Å². The van der Waals surface area contributed by atoms with E-state index in [2.05, 4.69) is 28.5 Å². The molecule has 2 aromatic rings. The summed E-state index contributed by atoms with van der Waals surface area (Å²) in [5, 5.41) is 15.3. The number of nitrogens with one attached hydrogen (secondary N) is 1. The van der Waals surface area contributed by atoms with Crippen LogP contribution in [-0.2, 0) is 0 Å². The zero-order valence-corrected chi connectivity index (χ0v) is 12.3. The molecule has 1 fully saturated rings. The van der Waals surface area contributed by atoms with Crippen LogP contribution in [0, 0.1) is 0 Å². The lowest BCUT2D eigenvalue weighted by atomic mass is 9.93. The number of aromatic nitrogens is 1. The van der Waals surface area contributed by atoms with Gasteiger partial charge in [-0.2, -0.15) is 0 Å². The molecule has 1 aromatic carbocycles. The first kappa shape index (κ1) is 14.8. The lowest BCUT2D eigenvalue weighted by Crippen LogP contribution is -2.28. The molecule has 20 heavy (non-hydrogen) atoms. The molecule has 3 nitrogen and oxygen atoms in total. The van der Waals surface area contributed by atoms with Gasteiger partial charge in [-0.25, -0.2) is 4.98 Å². The number of benzene rings is 1. The summed E-state index contributed by atoms with van der Waals surface area (Å²) in [4.78, 5) is 4.45. The molecule has 0 atom stereocenters. The van der Waals surface area contributed by atoms with Gasteiger partial charge in [0.15, 0.2) is 0 Å². The van der Waals surface area contributed by atoms with Gasteiger partial charge >= 0.3 is 0 Å². The number of rotatable bonds is 2. The van der Waals surface area contributed by atoms with E-state index in [1.165, 1.54) is 10.8 Å². The third kappa shape index (κ3) is 3.70. The van der Waals surface area contributed by atoms with E-state index in [-0.39, 0.29) is 6.10 Å². The molecule has 0 radical (unpaired) electrons. The zero-order chi connectivity index (χ0) is 14.4. The Bertz CT molecular complexity index is 533. The molecule has 0 aliphatic heterocycles. The van der Waals surface area contributed by atoms with Gasteiger partial charge in [0, 0.05) is 17.6 Å². The lowest BCUT2D eigenvalue weighted by Gasteiger charge is -2.26. The van der Waals surface area contributed by atoms with E-state index in [4.69, 9.17) is 0 Å². The first-order valence-electron chi connectivity index (χ1n) is 7.61. The number of aliphatic hydroxyl groups is 1. The highest BCUT2D eigenvalue weighted by molar-refractivity contribution is 5.83. The van der Waals surface area contributed by atoms with E-state index in [0.29, 0.717) is 6.04 Å². The van der Waals surface area contributed by atoms with Gasteiger partial charge in [0.2, 0.25) is 0 Å². The summed E-state index contributed by atoms with van der Waals surface area (Å²) in [5.74, 6) is 0.940. The van der Waals surface area contributed by atoms with E-state index in [1.54, 1.807) is 0 Å². The van der Waals surface area contributed by atoms with Crippen LogP contribution in [0.4, 0.5) is 5.82 Å². The minimum atomic E-state index is -0.104. The van der Waals surface area contributed by atoms with Crippen LogP contribution in [0.2, 0.25) is 0 Å². The highest BCUT2D eigenvalue weighted by Gasteiger charge is 2.19. The Hall–Kier alpha value is -1.61. The number of fused-ring (bicyclic) bond motifs is 1. The molecular weight excluding hydrogens is 248 g/mol. The van der Waals surface area contributed by atoms with Crippen molar-refractivity contribution in [1.82, 2.24) is 4.98 Å². The van der Waals surface area contributed by atoms with Crippen LogP contribution in [0.25, 0.3) is 10.8 Å². The third-order valence-electron chi connectivity index (χ3n) is 3.68. The summed E-state index contributed by atoms with van der Waals surface area (Å²) in [7, 11) is 0. The van der Waals surface area contributed by atoms with Crippen LogP contribution < -0.4 is 5.32 Å². The molecule has 0 amide bonds. The summed E-state index contributed by atoms with van der Waals surface area (Å²) < 4.78 is 0. The molecular formula is C17H24N2O. The smallest absolute Gasteiger partial charge is 0.126 e. The monoisotopic (exact) mass is 272 g/mol. The van der Waals surface area contributed by atoms with Gasteiger partial charge in [0.1, 0.15) is 5.82 Å². The quantitative estimate of drug-likeness (QED) is 0.869. The molecule has 3 rings (SSSR count). The van der Waals surface area contributed by atoms with Gasteiger partial charge in [-0.1, -0.05) is 38.1 Å². The highest BCUT2D eigenvalue weighted by Crippen LogP contribution is 2.23. The normalized spacial score (nSPS) is 21.9. The predicted octanol–water partition coefficient (Wildman–Crippen LogP) is 3.98. The Morgan fingerprint density at radius 3 is 2.40 bits per heavy atom. The number of pyridine rings is 1. The van der Waals surface area contributed by atoms with Crippen molar-refractivity contribution >= 4 is 16.6 Å². The topological polar surface area (TPSA) is 45.1 Å². The van der Waals surface area contributed by atoms with Gasteiger partial charge in [-0.3, -0.25) is 0 Å². The van der Waals surface area contributed by atoms with Gasteiger partial charge in [0.05, 0.1) is 6.10 Å². The maximum absolute atomic E-state index is 9.49. The van der Waals surface area contributed by atoms with Crippen molar-refractivity contribution in [3.63, 3.8) is 0 Å². The predicted molar refractivity (Wildman–Crippen MR) is 85.0 cm³/mol. The Morgan fingerprint density at radius 1 is 1.05 bits per heavy atom. The molecule has 1 saturated carbocycles. The molecule has 3 heteroatoms. The fourth-order valence-electron chi connectivity index (χ4n) is 2.59. The first-order valence-corrected chi connectivity index (χ1v) is 7.61. The lowest BCUT2D eigenvalue weighted by molar-refractivity contribution is 0.126. The van der Waals surface area contributed by atoms with Gasteiger partial charge < -0.3 is 10.4 Å². The van der Waals surface area contributed by atoms with Crippen LogP contribution >= 0.6 is 0 Å². The third-order valence-corrected chi connectivity index (χ3v) is 3.68. The second-order valence-electron chi connectivity index (χ2n) is 5.07. The van der Waals surface area contributed by atoms with Crippen molar-refractivity contribution in [2.24, 2.45) is 0 Å². The van der Waals surface area contributed by atoms with Crippen molar-refractivity contribution in [3.8, 4) is 0 Å². The second kappa shape index (κ2) is 7.25. The fourth-order valence-corrected chi connectivity index (χ4v) is 2.59. The molecule has 0 spiro atoms. The van der Waals surface area contributed by atoms with Crippen LogP contribution in [0.1, 0.15) is 39.5 Å². The summed E-state index contributed by atoms with van der Waals surface area (Å²) >= 11 is 0. The Morgan fingerprint density at radius 2 is 1.70 bits per heavy atom. The van der Waals surface area contributed by atoms with Crippen LogP contribution in [0.15, 0.2) is 36.5 Å². The van der Waals surface area contributed by atoms with Gasteiger partial charge in [-0.05, 0) is 37.1 Å². The molecule has 0 unspecified atom stereocenters. The van der Waals surface area contributed by atoms with Crippen LogP contribution in [0.5, 0.6) is 0 Å². The van der Waals surface area contributed by atoms with Gasteiger partial charge in [0.25, 0.3) is 0 Å². The molecule has 1 aliphatic rings. The fraction of sp³-hybridized carbons (Fsp3) is 0.471. The van der Waals surface area contributed by atoms with E-state index in [0.717, 1.165) is 31.5 Å². The number of nitrogens with zero attached hydrogens (tertiary/aromatic N) is 1. The first-order chi connectivity index (χ1) is 9.81. The van der Waals surface area contributed by atoms with E-state index < -0.39 is 0 Å². The number of hydrogen-bond acceptors (Lipinski definition) is 3. The SMILES string of the molecule is CC.OC1CCC(Nc2cc3ccccc3cn2)CC1.